The van der Waals surface area contributed by atoms with Crippen LogP contribution in [0.2, 0.25) is 0 Å². The number of aromatic nitrogens is 3. The predicted octanol–water partition coefficient (Wildman–Crippen LogP) is 4.14. The van der Waals surface area contributed by atoms with Crippen LogP contribution in [0.1, 0.15) is 49.5 Å². The number of benzene rings is 1. The summed E-state index contributed by atoms with van der Waals surface area (Å²) in [6.45, 7) is 10.5. The highest BCUT2D eigenvalue weighted by Crippen LogP contribution is 2.25. The van der Waals surface area contributed by atoms with E-state index in [1.807, 2.05) is 17.1 Å². The maximum atomic E-state index is 4.71. The van der Waals surface area contributed by atoms with Crippen molar-refractivity contribution in [1.82, 2.24) is 25.0 Å². The Morgan fingerprint density at radius 3 is 2.64 bits per heavy atom. The van der Waals surface area contributed by atoms with Crippen molar-refractivity contribution in [2.45, 2.75) is 45.8 Å². The molecule has 1 aromatic carbocycles. The van der Waals surface area contributed by atoms with Gasteiger partial charge >= 0.3 is 0 Å². The summed E-state index contributed by atoms with van der Waals surface area (Å²) < 4.78 is 1.99. The number of halogens is 1. The highest BCUT2D eigenvalue weighted by atomic mass is 35.5. The Hall–Kier alpha value is -1.95. The molecule has 150 valence electrons. The third kappa shape index (κ3) is 4.22. The highest BCUT2D eigenvalue weighted by Gasteiger charge is 2.24. The molecule has 28 heavy (non-hydrogen) atoms. The van der Waals surface area contributed by atoms with Crippen molar-refractivity contribution in [2.75, 3.05) is 19.6 Å². The molecule has 1 N–H and O–H groups in total. The molecule has 3 aromatic rings. The molecule has 0 spiro atoms. The van der Waals surface area contributed by atoms with Gasteiger partial charge in [-0.1, -0.05) is 31.2 Å². The fourth-order valence-electron chi connectivity index (χ4n) is 3.92. The summed E-state index contributed by atoms with van der Waals surface area (Å²) >= 11 is 0. The number of piperazine rings is 1. The third-order valence-corrected chi connectivity index (χ3v) is 5.49. The van der Waals surface area contributed by atoms with Crippen LogP contribution >= 0.6 is 12.4 Å². The van der Waals surface area contributed by atoms with Gasteiger partial charge in [-0.25, -0.2) is 9.67 Å². The molecule has 1 saturated heterocycles. The number of rotatable bonds is 5. The summed E-state index contributed by atoms with van der Waals surface area (Å²) in [5.74, 6) is 0. The first-order valence-corrected chi connectivity index (χ1v) is 10.0. The Bertz CT molecular complexity index is 903. The fraction of sp³-hybridized carbons (Fsp3) is 0.455. The molecule has 3 heterocycles. The molecule has 5 nitrogen and oxygen atoms in total. The Morgan fingerprint density at radius 2 is 1.93 bits per heavy atom. The number of nitrogens with zero attached hydrogens (tertiary/aromatic N) is 4. The fourth-order valence-corrected chi connectivity index (χ4v) is 3.92. The number of hydrogen-bond donors (Lipinski definition) is 1. The smallest absolute Gasteiger partial charge is 0.157 e. The van der Waals surface area contributed by atoms with E-state index in [1.54, 1.807) is 0 Å². The number of fused-ring (bicyclic) bond motifs is 1. The minimum Gasteiger partial charge on any atom is -0.314 e. The lowest BCUT2D eigenvalue weighted by molar-refractivity contribution is 0.153. The normalized spacial score (nSPS) is 17.8. The van der Waals surface area contributed by atoms with Crippen molar-refractivity contribution < 1.29 is 0 Å². The number of hydrogen-bond acceptors (Lipinski definition) is 4. The second-order valence-electron chi connectivity index (χ2n) is 7.72. The van der Waals surface area contributed by atoms with Gasteiger partial charge in [-0.05, 0) is 43.0 Å². The van der Waals surface area contributed by atoms with E-state index in [0.717, 1.165) is 43.6 Å². The van der Waals surface area contributed by atoms with Gasteiger partial charge in [-0.15, -0.1) is 12.4 Å². The molecule has 0 aliphatic carbocycles. The molecule has 0 saturated carbocycles. The summed E-state index contributed by atoms with van der Waals surface area (Å²) in [7, 11) is 0. The van der Waals surface area contributed by atoms with E-state index in [-0.39, 0.29) is 12.4 Å². The van der Waals surface area contributed by atoms with Crippen LogP contribution in [-0.4, -0.2) is 39.3 Å². The molecule has 1 fully saturated rings. The SMILES string of the molecule is CCc1ccc(C2CNCCN2Cc2cnc3c(cnn3C(C)C)c2)cc1.Cl. The minimum atomic E-state index is 0. The van der Waals surface area contributed by atoms with Gasteiger partial charge in [0.05, 0.1) is 6.20 Å². The molecule has 4 rings (SSSR count). The lowest BCUT2D eigenvalue weighted by Crippen LogP contribution is -2.45. The van der Waals surface area contributed by atoms with E-state index in [1.165, 1.54) is 16.7 Å². The van der Waals surface area contributed by atoms with Crippen LogP contribution in [0.5, 0.6) is 0 Å². The van der Waals surface area contributed by atoms with Crippen molar-refractivity contribution in [2.24, 2.45) is 0 Å². The van der Waals surface area contributed by atoms with Gasteiger partial charge in [-0.3, -0.25) is 4.90 Å². The molecule has 6 heteroatoms. The molecule has 0 amide bonds. The van der Waals surface area contributed by atoms with Crippen LogP contribution in [0, 0.1) is 0 Å². The quantitative estimate of drug-likeness (QED) is 0.700. The predicted molar refractivity (Wildman–Crippen MR) is 117 cm³/mol. The summed E-state index contributed by atoms with van der Waals surface area (Å²) in [4.78, 5) is 7.27. The van der Waals surface area contributed by atoms with Crippen LogP contribution in [0.25, 0.3) is 11.0 Å². The standard InChI is InChI=1S/C22H29N5.ClH/c1-4-17-5-7-19(8-6-17)21-14-23-9-10-26(21)15-18-11-20-13-25-27(16(2)3)22(20)24-12-18;/h5-8,11-13,16,21,23H,4,9-10,14-15H2,1-3H3;1H. The van der Waals surface area contributed by atoms with Crippen LogP contribution in [0.4, 0.5) is 0 Å². The van der Waals surface area contributed by atoms with E-state index < -0.39 is 0 Å². The summed E-state index contributed by atoms with van der Waals surface area (Å²) in [6, 6.07) is 12.1. The largest absolute Gasteiger partial charge is 0.314 e. The number of nitrogens with one attached hydrogen (secondary N) is 1. The number of pyridine rings is 1. The molecular weight excluding hydrogens is 370 g/mol. The molecule has 1 aliphatic rings. The Balaban J connectivity index is 0.00000225. The van der Waals surface area contributed by atoms with Gasteiger partial charge < -0.3 is 5.32 Å². The Morgan fingerprint density at radius 1 is 1.14 bits per heavy atom. The second-order valence-corrected chi connectivity index (χ2v) is 7.72. The van der Waals surface area contributed by atoms with E-state index in [9.17, 15) is 0 Å². The van der Waals surface area contributed by atoms with Crippen molar-refractivity contribution in [3.63, 3.8) is 0 Å². The van der Waals surface area contributed by atoms with Gasteiger partial charge in [0.2, 0.25) is 0 Å². The van der Waals surface area contributed by atoms with Crippen LogP contribution < -0.4 is 5.32 Å². The minimum absolute atomic E-state index is 0. The van der Waals surface area contributed by atoms with Crippen molar-refractivity contribution >= 4 is 23.4 Å². The average molecular weight is 400 g/mol. The zero-order valence-corrected chi connectivity index (χ0v) is 17.7. The highest BCUT2D eigenvalue weighted by molar-refractivity contribution is 5.85. The summed E-state index contributed by atoms with van der Waals surface area (Å²) in [6.07, 6.45) is 5.04. The van der Waals surface area contributed by atoms with Crippen LogP contribution in [-0.2, 0) is 13.0 Å². The molecule has 0 bridgehead atoms. The molecule has 1 atom stereocenters. The molecular formula is C22H30ClN5. The molecule has 0 radical (unpaired) electrons. The van der Waals surface area contributed by atoms with Crippen molar-refractivity contribution in [3.8, 4) is 0 Å². The molecule has 2 aromatic heterocycles. The Labute approximate surface area is 173 Å². The maximum Gasteiger partial charge on any atom is 0.157 e. The first kappa shape index (κ1) is 20.8. The lowest BCUT2D eigenvalue weighted by atomic mass is 10.0. The van der Waals surface area contributed by atoms with Gasteiger partial charge in [0.25, 0.3) is 0 Å². The number of aryl methyl sites for hydroxylation is 1. The van der Waals surface area contributed by atoms with Crippen molar-refractivity contribution in [3.05, 3.63) is 59.4 Å². The first-order valence-electron chi connectivity index (χ1n) is 10.0. The Kier molecular flexibility index (Phi) is 6.70. The summed E-state index contributed by atoms with van der Waals surface area (Å²) in [5.41, 5.74) is 5.01. The molecule has 1 unspecified atom stereocenters. The molecule has 1 aliphatic heterocycles. The van der Waals surface area contributed by atoms with E-state index in [2.05, 4.69) is 66.4 Å². The zero-order chi connectivity index (χ0) is 18.8. The average Bonchev–Trinajstić information content (AvgIpc) is 3.12. The van der Waals surface area contributed by atoms with Gasteiger partial charge in [0, 0.05) is 49.8 Å². The van der Waals surface area contributed by atoms with E-state index in [0.29, 0.717) is 12.1 Å². The van der Waals surface area contributed by atoms with E-state index >= 15 is 0 Å². The zero-order valence-electron chi connectivity index (χ0n) is 16.9. The van der Waals surface area contributed by atoms with Gasteiger partial charge in [0.15, 0.2) is 5.65 Å². The monoisotopic (exact) mass is 399 g/mol. The van der Waals surface area contributed by atoms with Crippen LogP contribution in [0.15, 0.2) is 42.7 Å². The topological polar surface area (TPSA) is 46.0 Å². The van der Waals surface area contributed by atoms with E-state index in [4.69, 9.17) is 4.98 Å². The third-order valence-electron chi connectivity index (χ3n) is 5.49. The first-order chi connectivity index (χ1) is 13.2. The second kappa shape index (κ2) is 9.03. The van der Waals surface area contributed by atoms with Crippen molar-refractivity contribution in [1.29, 1.82) is 0 Å². The lowest BCUT2D eigenvalue weighted by Gasteiger charge is -2.36. The summed E-state index contributed by atoms with van der Waals surface area (Å²) in [5, 5.41) is 9.17. The maximum absolute atomic E-state index is 4.71. The van der Waals surface area contributed by atoms with Gasteiger partial charge in [-0.2, -0.15) is 5.10 Å². The van der Waals surface area contributed by atoms with Gasteiger partial charge in [0.1, 0.15) is 0 Å². The van der Waals surface area contributed by atoms with Crippen LogP contribution in [0.3, 0.4) is 0 Å².